The number of benzene rings is 1. The number of esters is 1. The first kappa shape index (κ1) is 15.3. The van der Waals surface area contributed by atoms with E-state index < -0.39 is 23.8 Å². The third-order valence-corrected chi connectivity index (χ3v) is 2.46. The molecular formula is C12H14F3NO3. The van der Waals surface area contributed by atoms with Gasteiger partial charge in [-0.2, -0.15) is 8.78 Å². The minimum absolute atomic E-state index is 0.0297. The number of nitrogens with two attached hydrogens (primary N) is 1. The molecule has 0 bridgehead atoms. The molecular weight excluding hydrogens is 263 g/mol. The maximum absolute atomic E-state index is 13.8. The predicted octanol–water partition coefficient (Wildman–Crippen LogP) is 2.03. The lowest BCUT2D eigenvalue weighted by molar-refractivity contribution is -0.174. The third-order valence-electron chi connectivity index (χ3n) is 2.46. The quantitative estimate of drug-likeness (QED) is 0.836. The van der Waals surface area contributed by atoms with Crippen LogP contribution in [0.25, 0.3) is 0 Å². The first-order valence-corrected chi connectivity index (χ1v) is 5.48. The molecule has 0 amide bonds. The van der Waals surface area contributed by atoms with Crippen molar-refractivity contribution in [3.05, 3.63) is 29.6 Å². The highest BCUT2D eigenvalue weighted by molar-refractivity contribution is 5.79. The molecule has 1 aromatic rings. The normalized spacial score (nSPS) is 12.9. The standard InChI is InChI=1S/C12H14F3NO3/c1-3-19-11(17)12(14,15)10(16)8-6-7(13)4-5-9(8)18-2/h4-6,10H,3,16H2,1-2H3/t10-/m0/s1. The smallest absolute Gasteiger partial charge is 0.379 e. The Labute approximate surface area is 108 Å². The zero-order chi connectivity index (χ0) is 14.6. The summed E-state index contributed by atoms with van der Waals surface area (Å²) in [7, 11) is 1.23. The molecule has 0 saturated heterocycles. The van der Waals surface area contributed by atoms with Crippen molar-refractivity contribution in [2.24, 2.45) is 5.73 Å². The summed E-state index contributed by atoms with van der Waals surface area (Å²) >= 11 is 0. The maximum atomic E-state index is 13.8. The Morgan fingerprint density at radius 2 is 2.11 bits per heavy atom. The molecule has 0 aromatic heterocycles. The van der Waals surface area contributed by atoms with Crippen molar-refractivity contribution in [2.75, 3.05) is 13.7 Å². The zero-order valence-electron chi connectivity index (χ0n) is 10.5. The Bertz CT molecular complexity index is 466. The molecule has 0 aliphatic carbocycles. The van der Waals surface area contributed by atoms with Crippen molar-refractivity contribution in [1.29, 1.82) is 0 Å². The van der Waals surface area contributed by atoms with E-state index in [1.807, 2.05) is 0 Å². The summed E-state index contributed by atoms with van der Waals surface area (Å²) in [5, 5.41) is 0. The van der Waals surface area contributed by atoms with E-state index in [0.717, 1.165) is 18.2 Å². The number of ether oxygens (including phenoxy) is 2. The molecule has 0 saturated carbocycles. The van der Waals surface area contributed by atoms with Crippen molar-refractivity contribution in [3.8, 4) is 5.75 Å². The molecule has 106 valence electrons. The summed E-state index contributed by atoms with van der Waals surface area (Å²) in [5.41, 5.74) is 5.05. The number of alkyl halides is 2. The van der Waals surface area contributed by atoms with E-state index in [4.69, 9.17) is 10.5 Å². The number of hydrogen-bond donors (Lipinski definition) is 1. The molecule has 1 aromatic carbocycles. The summed E-state index contributed by atoms with van der Waals surface area (Å²) in [6, 6.07) is 0.942. The van der Waals surface area contributed by atoms with Crippen LogP contribution >= 0.6 is 0 Å². The summed E-state index contributed by atoms with van der Waals surface area (Å²) in [6.07, 6.45) is 0. The molecule has 2 N–H and O–H groups in total. The SMILES string of the molecule is CCOC(=O)C(F)(F)[C@@H](N)c1cc(F)ccc1OC. The molecule has 0 fully saturated rings. The molecule has 4 nitrogen and oxygen atoms in total. The van der Waals surface area contributed by atoms with Gasteiger partial charge in [-0.25, -0.2) is 9.18 Å². The number of methoxy groups -OCH3 is 1. The lowest BCUT2D eigenvalue weighted by Gasteiger charge is -2.23. The van der Waals surface area contributed by atoms with Gasteiger partial charge in [-0.05, 0) is 25.1 Å². The van der Waals surface area contributed by atoms with Gasteiger partial charge < -0.3 is 15.2 Å². The Morgan fingerprint density at radius 3 is 2.63 bits per heavy atom. The van der Waals surface area contributed by atoms with Crippen LogP contribution < -0.4 is 10.5 Å². The van der Waals surface area contributed by atoms with Crippen LogP contribution in [0.5, 0.6) is 5.75 Å². The predicted molar refractivity (Wildman–Crippen MR) is 61.5 cm³/mol. The van der Waals surface area contributed by atoms with E-state index in [1.54, 1.807) is 0 Å². The molecule has 1 rings (SSSR count). The fourth-order valence-corrected chi connectivity index (χ4v) is 1.50. The second-order valence-electron chi connectivity index (χ2n) is 3.71. The van der Waals surface area contributed by atoms with E-state index in [-0.39, 0.29) is 17.9 Å². The minimum Gasteiger partial charge on any atom is -0.496 e. The van der Waals surface area contributed by atoms with Gasteiger partial charge in [0.05, 0.1) is 13.7 Å². The van der Waals surface area contributed by atoms with E-state index in [2.05, 4.69) is 4.74 Å². The van der Waals surface area contributed by atoms with Gasteiger partial charge in [-0.3, -0.25) is 0 Å². The Hall–Kier alpha value is -1.76. The van der Waals surface area contributed by atoms with Gasteiger partial charge in [0.25, 0.3) is 0 Å². The molecule has 0 aliphatic rings. The number of carbonyl (C=O) groups excluding carboxylic acids is 1. The Kier molecular flexibility index (Phi) is 4.77. The first-order valence-electron chi connectivity index (χ1n) is 5.48. The molecule has 0 spiro atoms. The molecule has 7 heteroatoms. The van der Waals surface area contributed by atoms with E-state index in [1.165, 1.54) is 14.0 Å². The van der Waals surface area contributed by atoms with Crippen LogP contribution in [0.15, 0.2) is 18.2 Å². The van der Waals surface area contributed by atoms with Crippen LogP contribution in [0.1, 0.15) is 18.5 Å². The van der Waals surface area contributed by atoms with Crippen molar-refractivity contribution in [1.82, 2.24) is 0 Å². The van der Waals surface area contributed by atoms with E-state index in [0.29, 0.717) is 0 Å². The summed E-state index contributed by atoms with van der Waals surface area (Å²) in [5.74, 6) is -6.52. The molecule has 0 unspecified atom stereocenters. The van der Waals surface area contributed by atoms with Crippen LogP contribution in [0.4, 0.5) is 13.2 Å². The number of rotatable bonds is 5. The summed E-state index contributed by atoms with van der Waals surface area (Å²) in [4.78, 5) is 11.2. The first-order chi connectivity index (χ1) is 8.84. The average molecular weight is 277 g/mol. The zero-order valence-corrected chi connectivity index (χ0v) is 10.5. The van der Waals surface area contributed by atoms with Gasteiger partial charge in [-0.1, -0.05) is 0 Å². The van der Waals surface area contributed by atoms with Gasteiger partial charge in [0.15, 0.2) is 0 Å². The van der Waals surface area contributed by atoms with Crippen molar-refractivity contribution < 1.29 is 27.4 Å². The average Bonchev–Trinajstić information content (AvgIpc) is 2.38. The fourth-order valence-electron chi connectivity index (χ4n) is 1.50. The van der Waals surface area contributed by atoms with Crippen molar-refractivity contribution in [3.63, 3.8) is 0 Å². The maximum Gasteiger partial charge on any atom is 0.379 e. The third kappa shape index (κ3) is 3.17. The molecule has 19 heavy (non-hydrogen) atoms. The molecule has 0 aliphatic heterocycles. The largest absolute Gasteiger partial charge is 0.496 e. The van der Waals surface area contributed by atoms with Crippen LogP contribution in [-0.4, -0.2) is 25.6 Å². The van der Waals surface area contributed by atoms with Crippen molar-refractivity contribution in [2.45, 2.75) is 18.9 Å². The van der Waals surface area contributed by atoms with E-state index >= 15 is 0 Å². The van der Waals surface area contributed by atoms with Crippen LogP contribution in [0, 0.1) is 5.82 Å². The van der Waals surface area contributed by atoms with Gasteiger partial charge in [0.1, 0.15) is 17.6 Å². The van der Waals surface area contributed by atoms with Gasteiger partial charge >= 0.3 is 11.9 Å². The van der Waals surface area contributed by atoms with Crippen LogP contribution in [0.2, 0.25) is 0 Å². The van der Waals surface area contributed by atoms with E-state index in [9.17, 15) is 18.0 Å². The van der Waals surface area contributed by atoms with Gasteiger partial charge in [0.2, 0.25) is 0 Å². The van der Waals surface area contributed by atoms with Crippen molar-refractivity contribution >= 4 is 5.97 Å². The number of hydrogen-bond acceptors (Lipinski definition) is 4. The summed E-state index contributed by atoms with van der Waals surface area (Å²) < 4.78 is 49.7. The highest BCUT2D eigenvalue weighted by atomic mass is 19.3. The molecule has 0 radical (unpaired) electrons. The highest BCUT2D eigenvalue weighted by Gasteiger charge is 2.48. The topological polar surface area (TPSA) is 61.5 Å². The highest BCUT2D eigenvalue weighted by Crippen LogP contribution is 2.35. The van der Waals surface area contributed by atoms with Crippen LogP contribution in [-0.2, 0) is 9.53 Å². The number of halogens is 3. The van der Waals surface area contributed by atoms with Gasteiger partial charge in [-0.15, -0.1) is 0 Å². The molecule has 1 atom stereocenters. The number of carbonyl (C=O) groups is 1. The second-order valence-corrected chi connectivity index (χ2v) is 3.71. The van der Waals surface area contributed by atoms with Crippen LogP contribution in [0.3, 0.4) is 0 Å². The summed E-state index contributed by atoms with van der Waals surface area (Å²) in [6.45, 7) is 1.18. The Morgan fingerprint density at radius 1 is 1.47 bits per heavy atom. The fraction of sp³-hybridized carbons (Fsp3) is 0.417. The lowest BCUT2D eigenvalue weighted by atomic mass is 10.00. The van der Waals surface area contributed by atoms with Gasteiger partial charge in [0, 0.05) is 5.56 Å². The molecule has 0 heterocycles. The lowest BCUT2D eigenvalue weighted by Crippen LogP contribution is -2.42. The monoisotopic (exact) mass is 277 g/mol. The second kappa shape index (κ2) is 5.92. The minimum atomic E-state index is -3.98. The Balaban J connectivity index is 3.14.